The average Bonchev–Trinajstić information content (AvgIpc) is 3.22. The Labute approximate surface area is 176 Å². The molecule has 0 unspecified atom stereocenters. The molecule has 0 radical (unpaired) electrons. The fourth-order valence-corrected chi connectivity index (χ4v) is 3.66. The van der Waals surface area contributed by atoms with Gasteiger partial charge in [-0.2, -0.15) is 0 Å². The van der Waals surface area contributed by atoms with Gasteiger partial charge in [-0.3, -0.25) is 14.0 Å². The lowest BCUT2D eigenvalue weighted by atomic mass is 10.1. The molecular weight excluding hydrogens is 402 g/mol. The van der Waals surface area contributed by atoms with E-state index in [2.05, 4.69) is 10.3 Å². The number of fused-ring (bicyclic) bond motifs is 1. The van der Waals surface area contributed by atoms with Crippen molar-refractivity contribution in [2.45, 2.75) is 13.5 Å². The molecule has 0 spiro atoms. The first-order valence-electron chi connectivity index (χ1n) is 9.18. The highest BCUT2D eigenvalue weighted by atomic mass is 32.1. The SMILES string of the molecule is COc1ccc(C(=O)Nc2cc(C)ccc2OCc2cc(=O)n3ccsc3n2)cc1. The third kappa shape index (κ3) is 4.18. The number of aryl methyl sites for hydroxylation is 1. The lowest BCUT2D eigenvalue weighted by molar-refractivity contribution is 0.102. The van der Waals surface area contributed by atoms with Crippen LogP contribution in [0, 0.1) is 6.92 Å². The number of carbonyl (C=O) groups is 1. The van der Waals surface area contributed by atoms with Crippen molar-refractivity contribution in [2.75, 3.05) is 12.4 Å². The van der Waals surface area contributed by atoms with Crippen molar-refractivity contribution in [1.29, 1.82) is 0 Å². The van der Waals surface area contributed by atoms with Gasteiger partial charge < -0.3 is 14.8 Å². The quantitative estimate of drug-likeness (QED) is 0.511. The molecule has 8 heteroatoms. The normalized spacial score (nSPS) is 10.7. The van der Waals surface area contributed by atoms with E-state index in [-0.39, 0.29) is 18.1 Å². The molecular formula is C22H19N3O4S. The summed E-state index contributed by atoms with van der Waals surface area (Å²) in [6, 6.07) is 13.8. The molecule has 0 aliphatic heterocycles. The Balaban J connectivity index is 1.53. The van der Waals surface area contributed by atoms with Crippen LogP contribution in [0.3, 0.4) is 0 Å². The summed E-state index contributed by atoms with van der Waals surface area (Å²) in [6.07, 6.45) is 1.69. The summed E-state index contributed by atoms with van der Waals surface area (Å²) in [5.41, 5.74) is 2.39. The second kappa shape index (κ2) is 8.38. The van der Waals surface area contributed by atoms with Crippen LogP contribution in [0.5, 0.6) is 11.5 Å². The zero-order valence-corrected chi connectivity index (χ0v) is 17.2. The first kappa shape index (κ1) is 19.7. The fraction of sp³-hybridized carbons (Fsp3) is 0.136. The molecule has 0 bridgehead atoms. The zero-order valence-electron chi connectivity index (χ0n) is 16.4. The second-order valence-electron chi connectivity index (χ2n) is 6.61. The molecule has 0 saturated heterocycles. The number of aromatic nitrogens is 2. The lowest BCUT2D eigenvalue weighted by Gasteiger charge is -2.13. The number of hydrogen-bond acceptors (Lipinski definition) is 6. The van der Waals surface area contributed by atoms with E-state index in [1.165, 1.54) is 21.8 Å². The molecule has 2 aromatic carbocycles. The molecule has 30 heavy (non-hydrogen) atoms. The number of nitrogens with one attached hydrogen (secondary N) is 1. The summed E-state index contributed by atoms with van der Waals surface area (Å²) in [5.74, 6) is 0.914. The van der Waals surface area contributed by atoms with Crippen LogP contribution in [0.1, 0.15) is 21.6 Å². The van der Waals surface area contributed by atoms with Crippen LogP contribution >= 0.6 is 11.3 Å². The van der Waals surface area contributed by atoms with E-state index in [0.717, 1.165) is 5.56 Å². The Kier molecular flexibility index (Phi) is 5.49. The molecule has 0 atom stereocenters. The Hall–Kier alpha value is -3.65. The number of nitrogens with zero attached hydrogens (tertiary/aromatic N) is 2. The highest BCUT2D eigenvalue weighted by Gasteiger charge is 2.12. The number of methoxy groups -OCH3 is 1. The number of hydrogen-bond donors (Lipinski definition) is 1. The standard InChI is InChI=1S/C22H19N3O4S/c1-14-3-8-19(29-13-16-12-20(26)25-9-10-30-22(25)23-16)18(11-14)24-21(27)15-4-6-17(28-2)7-5-15/h3-12H,13H2,1-2H3,(H,24,27). The van der Waals surface area contributed by atoms with Gasteiger partial charge in [0.25, 0.3) is 11.5 Å². The first-order chi connectivity index (χ1) is 14.5. The number of thiazole rings is 1. The molecule has 0 fully saturated rings. The van der Waals surface area contributed by atoms with Gasteiger partial charge in [-0.25, -0.2) is 4.98 Å². The number of anilines is 1. The Bertz CT molecular complexity index is 1260. The number of ether oxygens (including phenoxy) is 2. The van der Waals surface area contributed by atoms with E-state index in [4.69, 9.17) is 9.47 Å². The maximum atomic E-state index is 12.7. The van der Waals surface area contributed by atoms with Crippen LogP contribution in [0.4, 0.5) is 5.69 Å². The van der Waals surface area contributed by atoms with Crippen molar-refractivity contribution in [3.63, 3.8) is 0 Å². The van der Waals surface area contributed by atoms with Crippen LogP contribution in [0.15, 0.2) is 64.9 Å². The van der Waals surface area contributed by atoms with Crippen molar-refractivity contribution < 1.29 is 14.3 Å². The molecule has 7 nitrogen and oxygen atoms in total. The molecule has 152 valence electrons. The Morgan fingerprint density at radius 3 is 2.73 bits per heavy atom. The van der Waals surface area contributed by atoms with Gasteiger partial charge in [-0.15, -0.1) is 11.3 Å². The summed E-state index contributed by atoms with van der Waals surface area (Å²) in [4.78, 5) is 29.8. The van der Waals surface area contributed by atoms with Crippen LogP contribution in [0.2, 0.25) is 0 Å². The van der Waals surface area contributed by atoms with E-state index in [1.54, 1.807) is 49.0 Å². The minimum atomic E-state index is -0.260. The summed E-state index contributed by atoms with van der Waals surface area (Å²) in [7, 11) is 1.57. The fourth-order valence-electron chi connectivity index (χ4n) is 2.92. The number of rotatable bonds is 6. The number of amides is 1. The van der Waals surface area contributed by atoms with Crippen molar-refractivity contribution >= 4 is 27.9 Å². The van der Waals surface area contributed by atoms with Gasteiger partial charge in [-0.1, -0.05) is 6.07 Å². The highest BCUT2D eigenvalue weighted by Crippen LogP contribution is 2.27. The minimum Gasteiger partial charge on any atom is -0.497 e. The first-order valence-corrected chi connectivity index (χ1v) is 10.1. The molecule has 1 amide bonds. The van der Waals surface area contributed by atoms with E-state index in [0.29, 0.717) is 33.4 Å². The number of carbonyl (C=O) groups excluding carboxylic acids is 1. The van der Waals surface area contributed by atoms with Gasteiger partial charge >= 0.3 is 0 Å². The largest absolute Gasteiger partial charge is 0.497 e. The summed E-state index contributed by atoms with van der Waals surface area (Å²) in [5, 5.41) is 4.70. The van der Waals surface area contributed by atoms with Gasteiger partial charge in [0.2, 0.25) is 0 Å². The van der Waals surface area contributed by atoms with Gasteiger partial charge in [0, 0.05) is 23.2 Å². The maximum absolute atomic E-state index is 12.7. The second-order valence-corrected chi connectivity index (χ2v) is 7.49. The Morgan fingerprint density at radius 1 is 1.17 bits per heavy atom. The van der Waals surface area contributed by atoms with Crippen molar-refractivity contribution in [1.82, 2.24) is 9.38 Å². The smallest absolute Gasteiger partial charge is 0.258 e. The highest BCUT2D eigenvalue weighted by molar-refractivity contribution is 7.15. The van der Waals surface area contributed by atoms with Gasteiger partial charge in [-0.05, 0) is 48.9 Å². The van der Waals surface area contributed by atoms with E-state index < -0.39 is 0 Å². The molecule has 2 aromatic heterocycles. The van der Waals surface area contributed by atoms with Gasteiger partial charge in [0.05, 0.1) is 18.5 Å². The van der Waals surface area contributed by atoms with Crippen LogP contribution < -0.4 is 20.3 Å². The van der Waals surface area contributed by atoms with Crippen molar-refractivity contribution in [3.8, 4) is 11.5 Å². The summed E-state index contributed by atoms with van der Waals surface area (Å²) in [6.45, 7) is 2.04. The van der Waals surface area contributed by atoms with Crippen molar-refractivity contribution in [2.24, 2.45) is 0 Å². The van der Waals surface area contributed by atoms with Crippen molar-refractivity contribution in [3.05, 3.63) is 87.3 Å². The molecule has 1 N–H and O–H groups in total. The Morgan fingerprint density at radius 2 is 1.97 bits per heavy atom. The molecule has 0 aliphatic rings. The average molecular weight is 421 g/mol. The number of benzene rings is 2. The summed E-state index contributed by atoms with van der Waals surface area (Å²) < 4.78 is 12.5. The van der Waals surface area contributed by atoms with Gasteiger partial charge in [0.15, 0.2) is 4.96 Å². The third-order valence-electron chi connectivity index (χ3n) is 4.47. The van der Waals surface area contributed by atoms with Crippen LogP contribution in [0.25, 0.3) is 4.96 Å². The van der Waals surface area contributed by atoms with E-state index >= 15 is 0 Å². The monoisotopic (exact) mass is 421 g/mol. The minimum absolute atomic E-state index is 0.109. The van der Waals surface area contributed by atoms with Crippen LogP contribution in [-0.4, -0.2) is 22.4 Å². The zero-order chi connectivity index (χ0) is 21.1. The van der Waals surface area contributed by atoms with E-state index in [9.17, 15) is 9.59 Å². The van der Waals surface area contributed by atoms with E-state index in [1.807, 2.05) is 19.1 Å². The molecule has 0 saturated carbocycles. The molecule has 4 aromatic rings. The molecule has 4 rings (SSSR count). The third-order valence-corrected chi connectivity index (χ3v) is 5.22. The van der Waals surface area contributed by atoms with Crippen LogP contribution in [-0.2, 0) is 6.61 Å². The van der Waals surface area contributed by atoms with Gasteiger partial charge in [0.1, 0.15) is 18.1 Å². The maximum Gasteiger partial charge on any atom is 0.258 e. The predicted molar refractivity (Wildman–Crippen MR) is 116 cm³/mol. The topological polar surface area (TPSA) is 81.9 Å². The predicted octanol–water partition coefficient (Wildman–Crippen LogP) is 3.90. The lowest BCUT2D eigenvalue weighted by Crippen LogP contribution is -2.15. The summed E-state index contributed by atoms with van der Waals surface area (Å²) >= 11 is 1.38. The molecule has 0 aliphatic carbocycles. The molecule has 2 heterocycles.